The molecule has 2 aliphatic rings. The molecule has 29 heavy (non-hydrogen) atoms. The average molecular weight is 416 g/mol. The minimum absolute atomic E-state index is 0. The predicted molar refractivity (Wildman–Crippen MR) is 116 cm³/mol. The number of hydrogen-bond donors (Lipinski definition) is 3. The number of rotatable bonds is 6. The zero-order valence-corrected chi connectivity index (χ0v) is 17.0. The van der Waals surface area contributed by atoms with E-state index in [1.54, 1.807) is 12.1 Å². The number of carbonyl (C=O) groups is 2. The molecule has 0 aromatic heterocycles. The van der Waals surface area contributed by atoms with E-state index in [0.29, 0.717) is 11.4 Å². The Hall–Kier alpha value is -2.57. The zero-order chi connectivity index (χ0) is 19.4. The van der Waals surface area contributed by atoms with E-state index in [1.165, 1.54) is 0 Å². The molecule has 1 saturated heterocycles. The molecular weight excluding hydrogens is 390 g/mol. The molecule has 1 aliphatic heterocycles. The second kappa shape index (κ2) is 9.29. The minimum Gasteiger partial charge on any atom is -0.484 e. The van der Waals surface area contributed by atoms with Crippen LogP contribution in [-0.4, -0.2) is 31.5 Å². The molecule has 1 spiro atoms. The second-order valence-electron chi connectivity index (χ2n) is 7.59. The van der Waals surface area contributed by atoms with Crippen molar-refractivity contribution in [1.82, 2.24) is 5.32 Å². The highest BCUT2D eigenvalue weighted by Gasteiger charge is 2.57. The van der Waals surface area contributed by atoms with Gasteiger partial charge in [-0.3, -0.25) is 9.59 Å². The quantitative estimate of drug-likeness (QED) is 0.675. The molecule has 1 unspecified atom stereocenters. The largest absolute Gasteiger partial charge is 0.484 e. The highest BCUT2D eigenvalue weighted by Crippen LogP contribution is 2.58. The topological polar surface area (TPSA) is 79.5 Å². The summed E-state index contributed by atoms with van der Waals surface area (Å²) in [5.41, 5.74) is 1.63. The van der Waals surface area contributed by atoms with E-state index in [4.69, 9.17) is 4.74 Å². The van der Waals surface area contributed by atoms with Crippen LogP contribution < -0.4 is 20.7 Å². The third kappa shape index (κ3) is 5.28. The third-order valence-electron chi connectivity index (χ3n) is 5.63. The van der Waals surface area contributed by atoms with E-state index in [0.717, 1.165) is 38.0 Å². The van der Waals surface area contributed by atoms with Gasteiger partial charge in [0.1, 0.15) is 5.75 Å². The molecule has 0 radical (unpaired) electrons. The van der Waals surface area contributed by atoms with Crippen LogP contribution in [0, 0.1) is 11.3 Å². The van der Waals surface area contributed by atoms with E-state index in [1.807, 2.05) is 42.5 Å². The van der Waals surface area contributed by atoms with Crippen molar-refractivity contribution in [2.75, 3.05) is 30.3 Å². The maximum Gasteiger partial charge on any atom is 0.262 e. The average Bonchev–Trinajstić information content (AvgIpc) is 3.41. The third-order valence-corrected chi connectivity index (χ3v) is 5.63. The Kier molecular flexibility index (Phi) is 6.77. The van der Waals surface area contributed by atoms with Gasteiger partial charge in [-0.05, 0) is 62.0 Å². The van der Waals surface area contributed by atoms with Crippen LogP contribution in [0.5, 0.6) is 5.75 Å². The Balaban J connectivity index is 0.00000240. The first kappa shape index (κ1) is 21.1. The van der Waals surface area contributed by atoms with E-state index >= 15 is 0 Å². The zero-order valence-electron chi connectivity index (χ0n) is 16.1. The Bertz CT molecular complexity index is 853. The number of piperidine rings is 1. The summed E-state index contributed by atoms with van der Waals surface area (Å²) < 4.78 is 5.58. The molecule has 1 saturated carbocycles. The Morgan fingerprint density at radius 2 is 1.72 bits per heavy atom. The van der Waals surface area contributed by atoms with Crippen molar-refractivity contribution < 1.29 is 14.3 Å². The van der Waals surface area contributed by atoms with Crippen LogP contribution in [0.25, 0.3) is 0 Å². The van der Waals surface area contributed by atoms with E-state index in [9.17, 15) is 9.59 Å². The Morgan fingerprint density at radius 1 is 1.00 bits per heavy atom. The smallest absolute Gasteiger partial charge is 0.262 e. The fourth-order valence-electron chi connectivity index (χ4n) is 3.96. The first-order chi connectivity index (χ1) is 13.6. The van der Waals surface area contributed by atoms with Gasteiger partial charge in [0.2, 0.25) is 5.91 Å². The van der Waals surface area contributed by atoms with Crippen molar-refractivity contribution in [2.24, 2.45) is 11.3 Å². The molecule has 2 amide bonds. The monoisotopic (exact) mass is 415 g/mol. The van der Waals surface area contributed by atoms with Gasteiger partial charge in [-0.25, -0.2) is 0 Å². The molecule has 6 nitrogen and oxygen atoms in total. The number of nitrogens with one attached hydrogen (secondary N) is 3. The number of benzene rings is 2. The Labute approximate surface area is 176 Å². The van der Waals surface area contributed by atoms with Crippen LogP contribution in [0.1, 0.15) is 19.3 Å². The summed E-state index contributed by atoms with van der Waals surface area (Å²) in [6.07, 6.45) is 3.13. The molecule has 3 N–H and O–H groups in total. The lowest BCUT2D eigenvalue weighted by atomic mass is 9.92. The first-order valence-electron chi connectivity index (χ1n) is 9.74. The van der Waals surface area contributed by atoms with Crippen molar-refractivity contribution in [3.63, 3.8) is 0 Å². The molecule has 1 aliphatic carbocycles. The molecule has 1 atom stereocenters. The number of amides is 2. The van der Waals surface area contributed by atoms with Crippen LogP contribution >= 0.6 is 12.4 Å². The fraction of sp³-hybridized carbons (Fsp3) is 0.364. The van der Waals surface area contributed by atoms with Crippen LogP contribution in [0.3, 0.4) is 0 Å². The predicted octanol–water partition coefficient (Wildman–Crippen LogP) is 3.45. The highest BCUT2D eigenvalue weighted by molar-refractivity contribution is 5.95. The summed E-state index contributed by atoms with van der Waals surface area (Å²) >= 11 is 0. The summed E-state index contributed by atoms with van der Waals surface area (Å²) in [5, 5.41) is 9.13. The number of para-hydroxylation sites is 1. The molecule has 4 rings (SSSR count). The molecule has 1 heterocycles. The van der Waals surface area contributed by atoms with Gasteiger partial charge in [0.05, 0.1) is 0 Å². The molecule has 154 valence electrons. The molecule has 2 aromatic carbocycles. The molecular formula is C22H26ClN3O3. The van der Waals surface area contributed by atoms with E-state index < -0.39 is 0 Å². The SMILES string of the molecule is Cl.O=C(COc1cccc(NC(=O)C2CC23CCNCC3)c1)Nc1ccccc1. The summed E-state index contributed by atoms with van der Waals surface area (Å²) in [5.74, 6) is 0.511. The second-order valence-corrected chi connectivity index (χ2v) is 7.59. The van der Waals surface area contributed by atoms with Crippen molar-refractivity contribution >= 4 is 35.6 Å². The van der Waals surface area contributed by atoms with Crippen LogP contribution in [-0.2, 0) is 9.59 Å². The molecule has 2 fully saturated rings. The van der Waals surface area contributed by atoms with Crippen molar-refractivity contribution in [3.05, 3.63) is 54.6 Å². The fourth-order valence-corrected chi connectivity index (χ4v) is 3.96. The van der Waals surface area contributed by atoms with Crippen LogP contribution in [0.4, 0.5) is 11.4 Å². The molecule has 7 heteroatoms. The van der Waals surface area contributed by atoms with Gasteiger partial charge < -0.3 is 20.7 Å². The van der Waals surface area contributed by atoms with Gasteiger partial charge in [-0.1, -0.05) is 24.3 Å². The Morgan fingerprint density at radius 3 is 2.48 bits per heavy atom. The summed E-state index contributed by atoms with van der Waals surface area (Å²) in [7, 11) is 0. The lowest BCUT2D eigenvalue weighted by Gasteiger charge is -2.23. The lowest BCUT2D eigenvalue weighted by molar-refractivity contribution is -0.119. The molecule has 2 aromatic rings. The van der Waals surface area contributed by atoms with Gasteiger partial charge in [0, 0.05) is 23.4 Å². The summed E-state index contributed by atoms with van der Waals surface area (Å²) in [6.45, 7) is 1.90. The minimum atomic E-state index is -0.230. The van der Waals surface area contributed by atoms with Crippen LogP contribution in [0.2, 0.25) is 0 Å². The van der Waals surface area contributed by atoms with Crippen molar-refractivity contribution in [1.29, 1.82) is 0 Å². The number of hydrogen-bond acceptors (Lipinski definition) is 4. The number of carbonyl (C=O) groups excluding carboxylic acids is 2. The van der Waals surface area contributed by atoms with Crippen LogP contribution in [0.15, 0.2) is 54.6 Å². The van der Waals surface area contributed by atoms with Gasteiger partial charge in [0.25, 0.3) is 5.91 Å². The highest BCUT2D eigenvalue weighted by atomic mass is 35.5. The lowest BCUT2D eigenvalue weighted by Crippen LogP contribution is -2.31. The molecule has 0 bridgehead atoms. The standard InChI is InChI=1S/C22H25N3O3.ClH/c26-20(24-16-5-2-1-3-6-16)15-28-18-8-4-7-17(13-18)25-21(27)19-14-22(19)9-11-23-12-10-22;/h1-8,13,19,23H,9-12,14-15H2,(H,24,26)(H,25,27);1H. The van der Waals surface area contributed by atoms with Gasteiger partial charge in [0.15, 0.2) is 6.61 Å². The van der Waals surface area contributed by atoms with Crippen molar-refractivity contribution in [2.45, 2.75) is 19.3 Å². The maximum atomic E-state index is 12.6. The number of anilines is 2. The van der Waals surface area contributed by atoms with Gasteiger partial charge in [-0.15, -0.1) is 12.4 Å². The number of ether oxygens (including phenoxy) is 1. The first-order valence-corrected chi connectivity index (χ1v) is 9.74. The van der Waals surface area contributed by atoms with E-state index in [2.05, 4.69) is 16.0 Å². The number of halogens is 1. The maximum absolute atomic E-state index is 12.6. The normalized spacial score (nSPS) is 19.0. The summed E-state index contributed by atoms with van der Waals surface area (Å²) in [4.78, 5) is 24.6. The van der Waals surface area contributed by atoms with Gasteiger partial charge in [-0.2, -0.15) is 0 Å². The van der Waals surface area contributed by atoms with Crippen molar-refractivity contribution in [3.8, 4) is 5.75 Å². The summed E-state index contributed by atoms with van der Waals surface area (Å²) in [6, 6.07) is 16.4. The van der Waals surface area contributed by atoms with Gasteiger partial charge >= 0.3 is 0 Å². The van der Waals surface area contributed by atoms with E-state index in [-0.39, 0.29) is 42.2 Å².